The fraction of sp³-hybridized carbons (Fsp3) is 0.704. The number of amides is 1. The van der Waals surface area contributed by atoms with Crippen LogP contribution in [0.1, 0.15) is 122 Å². The van der Waals surface area contributed by atoms with Crippen LogP contribution in [0.4, 0.5) is 11.4 Å². The fourth-order valence-corrected chi connectivity index (χ4v) is 5.09. The van der Waals surface area contributed by atoms with E-state index >= 15 is 0 Å². The molecule has 0 aromatic heterocycles. The third-order valence-corrected chi connectivity index (χ3v) is 7.53. The quantitative estimate of drug-likeness (QED) is 0.116. The molecular formula is C27H45N3O4S. The van der Waals surface area contributed by atoms with Crippen LogP contribution in [0.3, 0.4) is 0 Å². The summed E-state index contributed by atoms with van der Waals surface area (Å²) in [6, 6.07) is 3.76. The Balaban J connectivity index is 1.53. The van der Waals surface area contributed by atoms with E-state index < -0.39 is 10.1 Å². The van der Waals surface area contributed by atoms with Crippen LogP contribution in [0.5, 0.6) is 0 Å². The van der Waals surface area contributed by atoms with Crippen molar-refractivity contribution in [3.8, 4) is 0 Å². The largest absolute Gasteiger partial charge is 0.397 e. The third-order valence-electron chi connectivity index (χ3n) is 6.68. The standard InChI is InChI=1S/C27H45N3O4S/c1-2-3-4-5-6-7-8-9-10-11-12-13-14-15-16-17-18-23-21-27(31)30(29-23)26-20-19-24(22-25(26)28)35(32,33)34/h19-20,22H,2-18,21,28H2,1H3,(H,32,33,34). The minimum atomic E-state index is -4.34. The first-order chi connectivity index (χ1) is 16.8. The minimum Gasteiger partial charge on any atom is -0.397 e. The van der Waals surface area contributed by atoms with E-state index in [-0.39, 0.29) is 22.9 Å². The number of carbonyl (C=O) groups is 1. The second kappa shape index (κ2) is 15.9. The van der Waals surface area contributed by atoms with Gasteiger partial charge < -0.3 is 5.73 Å². The molecule has 1 heterocycles. The van der Waals surface area contributed by atoms with Gasteiger partial charge in [0.25, 0.3) is 16.0 Å². The summed E-state index contributed by atoms with van der Waals surface area (Å²) < 4.78 is 31.6. The average Bonchev–Trinajstić information content (AvgIpc) is 3.18. The van der Waals surface area contributed by atoms with E-state index in [1.54, 1.807) is 0 Å². The van der Waals surface area contributed by atoms with Gasteiger partial charge in [0.15, 0.2) is 0 Å². The maximum absolute atomic E-state index is 12.4. The zero-order valence-corrected chi connectivity index (χ0v) is 22.3. The van der Waals surface area contributed by atoms with Gasteiger partial charge in [-0.1, -0.05) is 103 Å². The lowest BCUT2D eigenvalue weighted by Crippen LogP contribution is -2.20. The molecule has 0 spiro atoms. The summed E-state index contributed by atoms with van der Waals surface area (Å²) in [5, 5.41) is 5.65. The molecule has 2 rings (SSSR count). The smallest absolute Gasteiger partial charge is 0.294 e. The number of benzene rings is 1. The Kier molecular flexibility index (Phi) is 13.3. The van der Waals surface area contributed by atoms with E-state index in [0.29, 0.717) is 5.69 Å². The summed E-state index contributed by atoms with van der Waals surface area (Å²) >= 11 is 0. The molecule has 0 fully saturated rings. The number of nitrogens with two attached hydrogens (primary N) is 1. The normalized spacial score (nSPS) is 14.1. The van der Waals surface area contributed by atoms with Gasteiger partial charge in [0.1, 0.15) is 0 Å². The Labute approximate surface area is 212 Å². The third kappa shape index (κ3) is 11.1. The van der Waals surface area contributed by atoms with Gasteiger partial charge >= 0.3 is 0 Å². The Morgan fingerprint density at radius 3 is 1.80 bits per heavy atom. The number of hydrazone groups is 1. The zero-order valence-electron chi connectivity index (χ0n) is 21.5. The molecule has 0 saturated carbocycles. The highest BCUT2D eigenvalue weighted by Crippen LogP contribution is 2.30. The van der Waals surface area contributed by atoms with Crippen LogP contribution in [-0.4, -0.2) is 24.6 Å². The molecule has 3 N–H and O–H groups in total. The second-order valence-electron chi connectivity index (χ2n) is 9.80. The number of nitrogens with zero attached hydrogens (tertiary/aromatic N) is 2. The van der Waals surface area contributed by atoms with Crippen LogP contribution in [0, 0.1) is 0 Å². The lowest BCUT2D eigenvalue weighted by Gasteiger charge is -2.14. The molecule has 0 unspecified atom stereocenters. The summed E-state index contributed by atoms with van der Waals surface area (Å²) in [7, 11) is -4.34. The van der Waals surface area contributed by atoms with Crippen molar-refractivity contribution in [1.82, 2.24) is 0 Å². The van der Waals surface area contributed by atoms with Crippen molar-refractivity contribution in [3.05, 3.63) is 18.2 Å². The van der Waals surface area contributed by atoms with Crippen LogP contribution in [-0.2, 0) is 14.9 Å². The Bertz CT molecular complexity index is 915. The molecule has 0 aliphatic carbocycles. The predicted octanol–water partition coefficient (Wildman–Crippen LogP) is 7.26. The van der Waals surface area contributed by atoms with E-state index in [1.165, 1.54) is 107 Å². The van der Waals surface area contributed by atoms with Crippen molar-refractivity contribution in [2.45, 2.75) is 127 Å². The van der Waals surface area contributed by atoms with E-state index in [0.717, 1.165) is 31.0 Å². The van der Waals surface area contributed by atoms with Gasteiger partial charge in [-0.15, -0.1) is 0 Å². The SMILES string of the molecule is CCCCCCCCCCCCCCCCCCC1=NN(c2ccc(S(=O)(=O)O)cc2N)C(=O)C1. The maximum atomic E-state index is 12.4. The number of hydrogen-bond donors (Lipinski definition) is 2. The fourth-order valence-electron chi connectivity index (χ4n) is 4.57. The molecule has 0 bridgehead atoms. The summed E-state index contributed by atoms with van der Waals surface area (Å²) in [5.74, 6) is -0.178. The van der Waals surface area contributed by atoms with Gasteiger partial charge in [-0.05, 0) is 31.0 Å². The number of unbranched alkanes of at least 4 members (excludes halogenated alkanes) is 15. The molecule has 0 saturated heterocycles. The molecule has 198 valence electrons. The van der Waals surface area contributed by atoms with Crippen molar-refractivity contribution in [2.75, 3.05) is 10.7 Å². The number of hydrogen-bond acceptors (Lipinski definition) is 5. The lowest BCUT2D eigenvalue weighted by molar-refractivity contribution is -0.116. The molecule has 1 amide bonds. The molecule has 1 aliphatic heterocycles. The topological polar surface area (TPSA) is 113 Å². The molecule has 1 aromatic rings. The molecule has 1 aromatic carbocycles. The van der Waals surface area contributed by atoms with Gasteiger partial charge in [-0.25, -0.2) is 0 Å². The summed E-state index contributed by atoms with van der Waals surface area (Å²) in [6.07, 6.45) is 22.2. The molecule has 35 heavy (non-hydrogen) atoms. The van der Waals surface area contributed by atoms with Crippen molar-refractivity contribution in [1.29, 1.82) is 0 Å². The van der Waals surface area contributed by atoms with Crippen molar-refractivity contribution in [2.24, 2.45) is 5.10 Å². The Morgan fingerprint density at radius 2 is 1.34 bits per heavy atom. The summed E-state index contributed by atoms with van der Waals surface area (Å²) in [6.45, 7) is 2.27. The first kappa shape index (κ1) is 29.3. The highest BCUT2D eigenvalue weighted by atomic mass is 32.2. The summed E-state index contributed by atoms with van der Waals surface area (Å²) in [4.78, 5) is 12.1. The van der Waals surface area contributed by atoms with Gasteiger partial charge in [-0.3, -0.25) is 9.35 Å². The van der Waals surface area contributed by atoms with Crippen molar-refractivity contribution >= 4 is 33.1 Å². The number of carbonyl (C=O) groups excluding carboxylic acids is 1. The van der Waals surface area contributed by atoms with Crippen LogP contribution in [0.25, 0.3) is 0 Å². The van der Waals surface area contributed by atoms with Crippen LogP contribution in [0.2, 0.25) is 0 Å². The molecule has 0 atom stereocenters. The van der Waals surface area contributed by atoms with E-state index in [1.807, 2.05) is 0 Å². The summed E-state index contributed by atoms with van der Waals surface area (Å²) in [5.41, 5.74) is 7.16. The first-order valence-corrected chi connectivity index (χ1v) is 15.0. The lowest BCUT2D eigenvalue weighted by atomic mass is 10.0. The molecule has 7 nitrogen and oxygen atoms in total. The Morgan fingerprint density at radius 1 is 0.857 bits per heavy atom. The zero-order chi connectivity index (χ0) is 25.5. The second-order valence-corrected chi connectivity index (χ2v) is 11.2. The van der Waals surface area contributed by atoms with Crippen LogP contribution in [0.15, 0.2) is 28.2 Å². The highest BCUT2D eigenvalue weighted by molar-refractivity contribution is 7.85. The highest BCUT2D eigenvalue weighted by Gasteiger charge is 2.27. The molecule has 8 heteroatoms. The molecule has 0 radical (unpaired) electrons. The van der Waals surface area contributed by atoms with Crippen molar-refractivity contribution in [3.63, 3.8) is 0 Å². The van der Waals surface area contributed by atoms with E-state index in [2.05, 4.69) is 12.0 Å². The monoisotopic (exact) mass is 507 g/mol. The van der Waals surface area contributed by atoms with E-state index in [4.69, 9.17) is 10.3 Å². The van der Waals surface area contributed by atoms with Crippen LogP contribution >= 0.6 is 0 Å². The van der Waals surface area contributed by atoms with Gasteiger partial charge in [0.05, 0.1) is 22.7 Å². The molecule has 1 aliphatic rings. The number of rotatable bonds is 19. The predicted molar refractivity (Wildman–Crippen MR) is 144 cm³/mol. The molecular weight excluding hydrogens is 462 g/mol. The minimum absolute atomic E-state index is 0.0842. The number of nitrogen functional groups attached to an aromatic ring is 1. The van der Waals surface area contributed by atoms with Crippen molar-refractivity contribution < 1.29 is 17.8 Å². The number of anilines is 2. The van der Waals surface area contributed by atoms with E-state index in [9.17, 15) is 13.2 Å². The van der Waals surface area contributed by atoms with Gasteiger partial charge in [-0.2, -0.15) is 18.5 Å². The van der Waals surface area contributed by atoms with Gasteiger partial charge in [0, 0.05) is 5.71 Å². The van der Waals surface area contributed by atoms with Gasteiger partial charge in [0.2, 0.25) is 0 Å². The Hall–Kier alpha value is -1.93. The average molecular weight is 508 g/mol. The first-order valence-electron chi connectivity index (χ1n) is 13.6. The maximum Gasteiger partial charge on any atom is 0.294 e. The van der Waals surface area contributed by atoms with Crippen LogP contribution < -0.4 is 10.7 Å².